The maximum absolute atomic E-state index is 11.6. The Morgan fingerprint density at radius 2 is 1.82 bits per heavy atom. The van der Waals surface area contributed by atoms with Gasteiger partial charge < -0.3 is 10.0 Å². The van der Waals surface area contributed by atoms with Crippen molar-refractivity contribution in [1.82, 2.24) is 4.90 Å². The molecule has 0 saturated heterocycles. The molecule has 0 spiro atoms. The predicted octanol–water partition coefficient (Wildman–Crippen LogP) is 0.852. The molecule has 0 saturated carbocycles. The molecule has 1 unspecified atom stereocenters. The van der Waals surface area contributed by atoms with E-state index in [2.05, 4.69) is 0 Å². The molecule has 1 N–H and O–H groups in total. The second-order valence-electron chi connectivity index (χ2n) is 4.55. The van der Waals surface area contributed by atoms with Crippen LogP contribution in [-0.2, 0) is 14.6 Å². The highest BCUT2D eigenvalue weighted by atomic mass is 32.2. The Morgan fingerprint density at radius 3 is 2.18 bits per heavy atom. The maximum atomic E-state index is 11.6. The number of carbonyl (C=O) groups is 1. The highest BCUT2D eigenvalue weighted by Crippen LogP contribution is 2.04. The average molecular weight is 265 g/mol. The van der Waals surface area contributed by atoms with Gasteiger partial charge in [-0.1, -0.05) is 13.8 Å². The van der Waals surface area contributed by atoms with Gasteiger partial charge in [0.25, 0.3) is 0 Å². The van der Waals surface area contributed by atoms with Crippen LogP contribution in [0.2, 0.25) is 0 Å². The summed E-state index contributed by atoms with van der Waals surface area (Å²) in [5, 5.41) is 8.42. The molecule has 1 atom stereocenters. The Balaban J connectivity index is 4.29. The van der Waals surface area contributed by atoms with Crippen LogP contribution >= 0.6 is 0 Å². The zero-order valence-electron chi connectivity index (χ0n) is 11.0. The molecular formula is C11H23NO4S. The highest BCUT2D eigenvalue weighted by molar-refractivity contribution is 7.92. The molecule has 0 bridgehead atoms. The number of nitrogens with zero attached hydrogens (tertiary/aromatic N) is 1. The lowest BCUT2D eigenvalue weighted by Gasteiger charge is -2.22. The minimum Gasteiger partial charge on any atom is -0.481 e. The van der Waals surface area contributed by atoms with Crippen LogP contribution in [0.15, 0.2) is 0 Å². The van der Waals surface area contributed by atoms with E-state index in [0.29, 0.717) is 19.6 Å². The molecule has 0 heterocycles. The Morgan fingerprint density at radius 1 is 1.29 bits per heavy atom. The molecule has 17 heavy (non-hydrogen) atoms. The zero-order chi connectivity index (χ0) is 13.6. The van der Waals surface area contributed by atoms with Gasteiger partial charge in [0.2, 0.25) is 0 Å². The first kappa shape index (κ1) is 16.4. The molecule has 0 aliphatic rings. The van der Waals surface area contributed by atoms with Crippen molar-refractivity contribution in [3.8, 4) is 0 Å². The van der Waals surface area contributed by atoms with Crippen molar-refractivity contribution in [2.45, 2.75) is 32.9 Å². The van der Waals surface area contributed by atoms with Crippen LogP contribution < -0.4 is 0 Å². The van der Waals surface area contributed by atoms with E-state index in [1.54, 1.807) is 20.8 Å². The van der Waals surface area contributed by atoms with Gasteiger partial charge in [-0.3, -0.25) is 4.79 Å². The Hall–Kier alpha value is -0.620. The number of aliphatic carboxylic acids is 1. The second-order valence-corrected chi connectivity index (χ2v) is 7.23. The third-order valence-corrected chi connectivity index (χ3v) is 5.00. The molecule has 0 aromatic rings. The van der Waals surface area contributed by atoms with E-state index in [1.165, 1.54) is 0 Å². The minimum atomic E-state index is -3.05. The van der Waals surface area contributed by atoms with Crippen LogP contribution in [0.3, 0.4) is 0 Å². The normalized spacial score (nSPS) is 14.2. The molecule has 0 rings (SSSR count). The molecule has 5 nitrogen and oxygen atoms in total. The van der Waals surface area contributed by atoms with Gasteiger partial charge in [-0.25, -0.2) is 8.42 Å². The van der Waals surface area contributed by atoms with Crippen molar-refractivity contribution in [1.29, 1.82) is 0 Å². The first-order valence-corrected chi connectivity index (χ1v) is 7.59. The van der Waals surface area contributed by atoms with Crippen molar-refractivity contribution in [2.75, 3.05) is 25.4 Å². The molecular weight excluding hydrogens is 242 g/mol. The smallest absolute Gasteiger partial charge is 0.307 e. The molecule has 0 amide bonds. The maximum Gasteiger partial charge on any atom is 0.307 e. The number of hydrogen-bond donors (Lipinski definition) is 1. The first-order chi connectivity index (χ1) is 7.70. The fourth-order valence-electron chi connectivity index (χ4n) is 1.34. The van der Waals surface area contributed by atoms with Gasteiger partial charge in [-0.2, -0.15) is 0 Å². The van der Waals surface area contributed by atoms with Crippen LogP contribution in [0.4, 0.5) is 0 Å². The quantitative estimate of drug-likeness (QED) is 0.704. The number of hydrogen-bond acceptors (Lipinski definition) is 4. The van der Waals surface area contributed by atoms with Crippen molar-refractivity contribution < 1.29 is 18.3 Å². The van der Waals surface area contributed by atoms with Gasteiger partial charge in [-0.05, 0) is 20.4 Å². The van der Waals surface area contributed by atoms with Crippen LogP contribution in [0.1, 0.15) is 27.7 Å². The van der Waals surface area contributed by atoms with E-state index < -0.39 is 21.7 Å². The molecule has 0 aromatic heterocycles. The fraction of sp³-hybridized carbons (Fsp3) is 0.909. The zero-order valence-corrected chi connectivity index (χ0v) is 11.8. The van der Waals surface area contributed by atoms with E-state index in [1.807, 2.05) is 11.8 Å². The Labute approximate surface area is 104 Å². The van der Waals surface area contributed by atoms with Gasteiger partial charge in [-0.15, -0.1) is 0 Å². The summed E-state index contributed by atoms with van der Waals surface area (Å²) < 4.78 is 23.3. The highest BCUT2D eigenvalue weighted by Gasteiger charge is 2.19. The third kappa shape index (κ3) is 6.02. The van der Waals surface area contributed by atoms with Crippen molar-refractivity contribution in [2.24, 2.45) is 5.92 Å². The monoisotopic (exact) mass is 265 g/mol. The van der Waals surface area contributed by atoms with Crippen LogP contribution in [0.5, 0.6) is 0 Å². The Kier molecular flexibility index (Phi) is 6.70. The standard InChI is InChI=1S/C11H23NO4S/c1-5-12(8-10(4)11(13)14)6-7-17(15,16)9(2)3/h9-10H,5-8H2,1-4H3,(H,13,14). The number of sulfone groups is 1. The summed E-state index contributed by atoms with van der Waals surface area (Å²) in [5.41, 5.74) is 0. The van der Waals surface area contributed by atoms with E-state index >= 15 is 0 Å². The van der Waals surface area contributed by atoms with E-state index in [0.717, 1.165) is 0 Å². The van der Waals surface area contributed by atoms with Crippen molar-refractivity contribution in [3.05, 3.63) is 0 Å². The van der Waals surface area contributed by atoms with Crippen molar-refractivity contribution >= 4 is 15.8 Å². The molecule has 6 heteroatoms. The molecule has 0 aromatic carbocycles. The second kappa shape index (κ2) is 6.96. The van der Waals surface area contributed by atoms with Crippen LogP contribution in [-0.4, -0.2) is 55.0 Å². The molecule has 0 aliphatic carbocycles. The largest absolute Gasteiger partial charge is 0.481 e. The van der Waals surface area contributed by atoms with E-state index in [4.69, 9.17) is 5.11 Å². The molecule has 0 radical (unpaired) electrons. The summed E-state index contributed by atoms with van der Waals surface area (Å²) in [6, 6.07) is 0. The summed E-state index contributed by atoms with van der Waals surface area (Å²) in [7, 11) is -3.05. The molecule has 102 valence electrons. The summed E-state index contributed by atoms with van der Waals surface area (Å²) in [6.07, 6.45) is 0. The van der Waals surface area contributed by atoms with Gasteiger partial charge in [0.05, 0.1) is 16.9 Å². The van der Waals surface area contributed by atoms with Crippen LogP contribution in [0, 0.1) is 5.92 Å². The summed E-state index contributed by atoms with van der Waals surface area (Å²) >= 11 is 0. The minimum absolute atomic E-state index is 0.0881. The van der Waals surface area contributed by atoms with Gasteiger partial charge in [0.15, 0.2) is 9.84 Å². The van der Waals surface area contributed by atoms with Gasteiger partial charge in [0.1, 0.15) is 0 Å². The lowest BCUT2D eigenvalue weighted by Crippen LogP contribution is -2.36. The predicted molar refractivity (Wildman–Crippen MR) is 67.8 cm³/mol. The number of carboxylic acids is 1. The topological polar surface area (TPSA) is 74.7 Å². The van der Waals surface area contributed by atoms with E-state index in [-0.39, 0.29) is 11.0 Å². The summed E-state index contributed by atoms with van der Waals surface area (Å²) in [6.45, 7) is 8.29. The van der Waals surface area contributed by atoms with Gasteiger partial charge >= 0.3 is 5.97 Å². The Bertz CT molecular complexity index is 337. The fourth-order valence-corrected chi connectivity index (χ4v) is 2.32. The van der Waals surface area contributed by atoms with E-state index in [9.17, 15) is 13.2 Å². The SMILES string of the molecule is CCN(CCS(=O)(=O)C(C)C)CC(C)C(=O)O. The van der Waals surface area contributed by atoms with Gasteiger partial charge in [0, 0.05) is 13.1 Å². The number of carboxylic acid groups (broad SMARTS) is 1. The molecule has 0 fully saturated rings. The average Bonchev–Trinajstić information content (AvgIpc) is 2.23. The summed E-state index contributed by atoms with van der Waals surface area (Å²) in [5.74, 6) is -1.24. The van der Waals surface area contributed by atoms with Crippen LogP contribution in [0.25, 0.3) is 0 Å². The van der Waals surface area contributed by atoms with Crippen molar-refractivity contribution in [3.63, 3.8) is 0 Å². The lowest BCUT2D eigenvalue weighted by atomic mass is 10.2. The number of rotatable bonds is 8. The molecule has 0 aliphatic heterocycles. The third-order valence-electron chi connectivity index (χ3n) is 2.81. The lowest BCUT2D eigenvalue weighted by molar-refractivity contribution is -0.141. The first-order valence-electron chi connectivity index (χ1n) is 5.87. The summed E-state index contributed by atoms with van der Waals surface area (Å²) in [4.78, 5) is 12.6.